The Hall–Kier alpha value is -0.970. The number of aliphatic hydroxyl groups is 2. The minimum Gasteiger partial charge on any atom is -0.506 e. The Balaban J connectivity index is 2.62. The van der Waals surface area contributed by atoms with Gasteiger partial charge in [-0.05, 0) is 18.2 Å². The lowest BCUT2D eigenvalue weighted by atomic mass is 10.2. The lowest BCUT2D eigenvalue weighted by Gasteiger charge is -2.11. The normalized spacial score (nSPS) is 12.5. The van der Waals surface area contributed by atoms with Crippen LogP contribution in [-0.2, 0) is 0 Å². The first-order valence-electron chi connectivity index (χ1n) is 4.15. The summed E-state index contributed by atoms with van der Waals surface area (Å²) in [5.41, 5.74) is 0.435. The van der Waals surface area contributed by atoms with Gasteiger partial charge in [0.05, 0.1) is 18.4 Å². The largest absolute Gasteiger partial charge is 0.506 e. The molecule has 0 heterocycles. The second-order valence-corrected chi connectivity index (χ2v) is 3.32. The highest BCUT2D eigenvalue weighted by Gasteiger charge is 2.04. The first-order chi connectivity index (χ1) is 6.63. The van der Waals surface area contributed by atoms with Crippen molar-refractivity contribution in [2.45, 2.75) is 6.10 Å². The third-order valence-corrected chi connectivity index (χ3v) is 1.93. The molecule has 0 radical (unpaired) electrons. The molecule has 0 amide bonds. The van der Waals surface area contributed by atoms with Crippen molar-refractivity contribution in [2.75, 3.05) is 18.5 Å². The second kappa shape index (κ2) is 5.05. The molecule has 4 N–H and O–H groups in total. The van der Waals surface area contributed by atoms with Gasteiger partial charge in [-0.3, -0.25) is 0 Å². The number of hydrogen-bond acceptors (Lipinski definition) is 4. The van der Waals surface area contributed by atoms with Gasteiger partial charge in [-0.25, -0.2) is 0 Å². The summed E-state index contributed by atoms with van der Waals surface area (Å²) in [5.74, 6) is 0.0551. The van der Waals surface area contributed by atoms with E-state index in [4.69, 9.17) is 21.8 Å². The number of phenolic OH excluding ortho intramolecular Hbond substituents is 1. The summed E-state index contributed by atoms with van der Waals surface area (Å²) in [6, 6.07) is 4.56. The summed E-state index contributed by atoms with van der Waals surface area (Å²) in [4.78, 5) is 0. The summed E-state index contributed by atoms with van der Waals surface area (Å²) in [7, 11) is 0. The molecule has 0 aliphatic carbocycles. The van der Waals surface area contributed by atoms with Gasteiger partial charge in [0.15, 0.2) is 0 Å². The van der Waals surface area contributed by atoms with Crippen molar-refractivity contribution < 1.29 is 15.3 Å². The van der Waals surface area contributed by atoms with Crippen molar-refractivity contribution >= 4 is 17.3 Å². The van der Waals surface area contributed by atoms with Crippen LogP contribution >= 0.6 is 11.6 Å². The van der Waals surface area contributed by atoms with Gasteiger partial charge < -0.3 is 20.6 Å². The highest BCUT2D eigenvalue weighted by Crippen LogP contribution is 2.26. The first-order valence-corrected chi connectivity index (χ1v) is 4.52. The Bertz CT molecular complexity index is 306. The lowest BCUT2D eigenvalue weighted by Crippen LogP contribution is -2.22. The predicted octanol–water partition coefficient (Wildman–Crippen LogP) is 0.811. The molecule has 0 aliphatic rings. The Kier molecular flexibility index (Phi) is 4.00. The topological polar surface area (TPSA) is 72.7 Å². The minimum absolute atomic E-state index is 0.0551. The third kappa shape index (κ3) is 3.06. The van der Waals surface area contributed by atoms with Gasteiger partial charge in [-0.15, -0.1) is 0 Å². The molecular formula is C9H12ClNO3. The fourth-order valence-corrected chi connectivity index (χ4v) is 1.11. The van der Waals surface area contributed by atoms with Crippen LogP contribution in [0.25, 0.3) is 0 Å². The number of halogens is 1. The summed E-state index contributed by atoms with van der Waals surface area (Å²) < 4.78 is 0. The molecule has 0 spiro atoms. The molecule has 4 nitrogen and oxygen atoms in total. The number of aromatic hydroxyl groups is 1. The molecule has 5 heteroatoms. The summed E-state index contributed by atoms with van der Waals surface area (Å²) in [6.07, 6.45) is -0.853. The quantitative estimate of drug-likeness (QED) is 0.564. The zero-order chi connectivity index (χ0) is 10.6. The van der Waals surface area contributed by atoms with Crippen LogP contribution in [0.15, 0.2) is 18.2 Å². The molecule has 0 saturated heterocycles. The molecule has 0 aromatic heterocycles. The molecular weight excluding hydrogens is 206 g/mol. The number of hydrogen-bond donors (Lipinski definition) is 4. The Morgan fingerprint density at radius 3 is 2.79 bits per heavy atom. The van der Waals surface area contributed by atoms with E-state index in [1.165, 1.54) is 6.07 Å². The fraction of sp³-hybridized carbons (Fsp3) is 0.333. The van der Waals surface area contributed by atoms with Crippen LogP contribution < -0.4 is 5.32 Å². The van der Waals surface area contributed by atoms with Crippen LogP contribution in [0.1, 0.15) is 0 Å². The SMILES string of the molecule is OCC(O)CNc1cc(Cl)ccc1O. The molecule has 78 valence electrons. The molecule has 1 aromatic rings. The maximum atomic E-state index is 9.36. The van der Waals surface area contributed by atoms with E-state index in [0.29, 0.717) is 10.7 Å². The highest BCUT2D eigenvalue weighted by atomic mass is 35.5. The standard InChI is InChI=1S/C9H12ClNO3/c10-6-1-2-9(14)8(3-6)11-4-7(13)5-12/h1-3,7,11-14H,4-5H2. The van der Waals surface area contributed by atoms with Crippen molar-refractivity contribution in [3.8, 4) is 5.75 Å². The minimum atomic E-state index is -0.853. The van der Waals surface area contributed by atoms with Crippen LogP contribution in [-0.4, -0.2) is 34.6 Å². The van der Waals surface area contributed by atoms with Gasteiger partial charge in [0.2, 0.25) is 0 Å². The fourth-order valence-electron chi connectivity index (χ4n) is 0.942. The average molecular weight is 218 g/mol. The number of nitrogens with one attached hydrogen (secondary N) is 1. The smallest absolute Gasteiger partial charge is 0.138 e. The van der Waals surface area contributed by atoms with Crippen LogP contribution in [0.2, 0.25) is 5.02 Å². The molecule has 1 rings (SSSR count). The van der Waals surface area contributed by atoms with E-state index in [2.05, 4.69) is 5.32 Å². The zero-order valence-electron chi connectivity index (χ0n) is 7.44. The monoisotopic (exact) mass is 217 g/mol. The van der Waals surface area contributed by atoms with E-state index in [-0.39, 0.29) is 18.9 Å². The van der Waals surface area contributed by atoms with Gasteiger partial charge in [0, 0.05) is 11.6 Å². The van der Waals surface area contributed by atoms with Crippen molar-refractivity contribution in [3.05, 3.63) is 23.2 Å². The molecule has 1 aromatic carbocycles. The van der Waals surface area contributed by atoms with Gasteiger partial charge in [0.1, 0.15) is 5.75 Å². The van der Waals surface area contributed by atoms with Gasteiger partial charge in [0.25, 0.3) is 0 Å². The zero-order valence-corrected chi connectivity index (χ0v) is 8.20. The van der Waals surface area contributed by atoms with Crippen molar-refractivity contribution in [1.82, 2.24) is 0 Å². The Morgan fingerprint density at radius 1 is 1.43 bits per heavy atom. The molecule has 1 atom stereocenters. The molecule has 14 heavy (non-hydrogen) atoms. The molecule has 1 unspecified atom stereocenters. The predicted molar refractivity (Wildman–Crippen MR) is 54.7 cm³/mol. The molecule has 0 aliphatic heterocycles. The Labute approximate surface area is 86.8 Å². The Morgan fingerprint density at radius 2 is 2.14 bits per heavy atom. The van der Waals surface area contributed by atoms with E-state index >= 15 is 0 Å². The number of phenols is 1. The highest BCUT2D eigenvalue weighted by molar-refractivity contribution is 6.30. The molecule has 0 bridgehead atoms. The summed E-state index contributed by atoms with van der Waals surface area (Å²) in [6.45, 7) is -0.168. The van der Waals surface area contributed by atoms with Crippen LogP contribution in [0.3, 0.4) is 0 Å². The summed E-state index contributed by atoms with van der Waals surface area (Å²) in [5, 5.41) is 30.2. The number of aliphatic hydroxyl groups excluding tert-OH is 2. The number of benzene rings is 1. The first kappa shape index (κ1) is 11.1. The molecule has 0 saturated carbocycles. The van der Waals surface area contributed by atoms with E-state index in [0.717, 1.165) is 0 Å². The van der Waals surface area contributed by atoms with E-state index in [1.807, 2.05) is 0 Å². The average Bonchev–Trinajstić information content (AvgIpc) is 2.19. The summed E-state index contributed by atoms with van der Waals surface area (Å²) >= 11 is 5.70. The van der Waals surface area contributed by atoms with Crippen LogP contribution in [0, 0.1) is 0 Å². The third-order valence-electron chi connectivity index (χ3n) is 1.70. The maximum absolute atomic E-state index is 9.36. The van der Waals surface area contributed by atoms with E-state index < -0.39 is 6.10 Å². The van der Waals surface area contributed by atoms with Gasteiger partial charge in [-0.2, -0.15) is 0 Å². The van der Waals surface area contributed by atoms with Crippen molar-refractivity contribution in [3.63, 3.8) is 0 Å². The molecule has 0 fully saturated rings. The van der Waals surface area contributed by atoms with E-state index in [1.54, 1.807) is 12.1 Å². The van der Waals surface area contributed by atoms with Gasteiger partial charge in [-0.1, -0.05) is 11.6 Å². The van der Waals surface area contributed by atoms with Crippen LogP contribution in [0.4, 0.5) is 5.69 Å². The number of rotatable bonds is 4. The van der Waals surface area contributed by atoms with Gasteiger partial charge >= 0.3 is 0 Å². The second-order valence-electron chi connectivity index (χ2n) is 2.88. The lowest BCUT2D eigenvalue weighted by molar-refractivity contribution is 0.105. The van der Waals surface area contributed by atoms with Crippen LogP contribution in [0.5, 0.6) is 5.75 Å². The van der Waals surface area contributed by atoms with Crippen molar-refractivity contribution in [1.29, 1.82) is 0 Å². The number of anilines is 1. The van der Waals surface area contributed by atoms with Crippen molar-refractivity contribution in [2.24, 2.45) is 0 Å². The van der Waals surface area contributed by atoms with E-state index in [9.17, 15) is 5.11 Å². The maximum Gasteiger partial charge on any atom is 0.138 e.